The van der Waals surface area contributed by atoms with E-state index in [0.29, 0.717) is 26.1 Å². The van der Waals surface area contributed by atoms with E-state index in [0.717, 1.165) is 6.42 Å². The van der Waals surface area contributed by atoms with Gasteiger partial charge in [-0.25, -0.2) is 4.79 Å². The molecule has 132 valence electrons. The Hall–Kier alpha value is -1.79. The molecule has 0 bridgehead atoms. The first-order chi connectivity index (χ1) is 10.6. The van der Waals surface area contributed by atoms with Gasteiger partial charge < -0.3 is 19.6 Å². The molecule has 1 aliphatic heterocycles. The smallest absolute Gasteiger partial charge is 0.410 e. The van der Waals surface area contributed by atoms with Crippen LogP contribution in [0.25, 0.3) is 0 Å². The number of rotatable bonds is 5. The topological polar surface area (TPSA) is 87.2 Å². The molecule has 0 radical (unpaired) electrons. The van der Waals surface area contributed by atoms with Gasteiger partial charge >= 0.3 is 12.1 Å². The molecule has 0 aliphatic carbocycles. The van der Waals surface area contributed by atoms with Crippen LogP contribution in [0.15, 0.2) is 0 Å². The van der Waals surface area contributed by atoms with E-state index in [-0.39, 0.29) is 24.8 Å². The number of hydrogen-bond donors (Lipinski definition) is 1. The van der Waals surface area contributed by atoms with Crippen LogP contribution in [0.5, 0.6) is 0 Å². The summed E-state index contributed by atoms with van der Waals surface area (Å²) in [7, 11) is 0. The van der Waals surface area contributed by atoms with E-state index < -0.39 is 17.7 Å². The quantitative estimate of drug-likeness (QED) is 0.833. The maximum Gasteiger partial charge on any atom is 0.410 e. The van der Waals surface area contributed by atoms with Gasteiger partial charge in [0.25, 0.3) is 0 Å². The highest BCUT2D eigenvalue weighted by Crippen LogP contribution is 2.21. The van der Waals surface area contributed by atoms with E-state index in [1.54, 1.807) is 9.80 Å². The summed E-state index contributed by atoms with van der Waals surface area (Å²) in [6.07, 6.45) is 0.985. The average Bonchev–Trinajstić information content (AvgIpc) is 2.45. The molecule has 1 aliphatic rings. The largest absolute Gasteiger partial charge is 0.481 e. The molecule has 1 fully saturated rings. The molecule has 2 amide bonds. The van der Waals surface area contributed by atoms with Gasteiger partial charge in [-0.05, 0) is 40.5 Å². The predicted molar refractivity (Wildman–Crippen MR) is 85.0 cm³/mol. The van der Waals surface area contributed by atoms with Crippen molar-refractivity contribution in [3.8, 4) is 0 Å². The van der Waals surface area contributed by atoms with E-state index in [9.17, 15) is 14.4 Å². The normalized spacial score (nSPS) is 18.4. The zero-order valence-corrected chi connectivity index (χ0v) is 14.5. The summed E-state index contributed by atoms with van der Waals surface area (Å²) in [4.78, 5) is 38.5. The van der Waals surface area contributed by atoms with E-state index >= 15 is 0 Å². The molecule has 0 aromatic carbocycles. The van der Waals surface area contributed by atoms with Gasteiger partial charge in [-0.3, -0.25) is 9.59 Å². The third-order valence-corrected chi connectivity index (χ3v) is 3.71. The lowest BCUT2D eigenvalue weighted by Crippen LogP contribution is -2.48. The van der Waals surface area contributed by atoms with E-state index in [4.69, 9.17) is 9.84 Å². The Morgan fingerprint density at radius 3 is 2.48 bits per heavy atom. The Morgan fingerprint density at radius 2 is 1.96 bits per heavy atom. The van der Waals surface area contributed by atoms with Crippen LogP contribution in [0.1, 0.15) is 47.0 Å². The number of carbonyl (C=O) groups is 3. The van der Waals surface area contributed by atoms with E-state index in [2.05, 4.69) is 0 Å². The SMILES string of the molecule is CCN(CCC(=O)O)C(=O)C1CCCN(C(=O)OC(C)(C)C)C1. The summed E-state index contributed by atoms with van der Waals surface area (Å²) >= 11 is 0. The molecule has 0 spiro atoms. The number of aliphatic carboxylic acids is 1. The molecule has 1 saturated heterocycles. The third kappa shape index (κ3) is 6.46. The molecule has 23 heavy (non-hydrogen) atoms. The molecular formula is C16H28N2O5. The number of likely N-dealkylation sites (tertiary alicyclic amines) is 1. The average molecular weight is 328 g/mol. The van der Waals surface area contributed by atoms with Crippen molar-refractivity contribution in [3.63, 3.8) is 0 Å². The molecule has 1 rings (SSSR count). The van der Waals surface area contributed by atoms with Gasteiger partial charge in [0.15, 0.2) is 0 Å². The number of carbonyl (C=O) groups excluding carboxylic acids is 2. The summed E-state index contributed by atoms with van der Waals surface area (Å²) in [5.74, 6) is -1.29. The summed E-state index contributed by atoms with van der Waals surface area (Å²) in [5.41, 5.74) is -0.565. The first-order valence-corrected chi connectivity index (χ1v) is 8.12. The monoisotopic (exact) mass is 328 g/mol. The van der Waals surface area contributed by atoms with Crippen LogP contribution in [-0.2, 0) is 14.3 Å². The van der Waals surface area contributed by atoms with Crippen LogP contribution in [0, 0.1) is 5.92 Å². The van der Waals surface area contributed by atoms with Crippen molar-refractivity contribution in [2.45, 2.75) is 52.6 Å². The van der Waals surface area contributed by atoms with Gasteiger partial charge in [-0.15, -0.1) is 0 Å². The second kappa shape index (κ2) is 8.17. The summed E-state index contributed by atoms with van der Waals surface area (Å²) in [6, 6.07) is 0. The van der Waals surface area contributed by atoms with Crippen LogP contribution in [0.2, 0.25) is 0 Å². The van der Waals surface area contributed by atoms with Crippen LogP contribution in [0.3, 0.4) is 0 Å². The van der Waals surface area contributed by atoms with Crippen LogP contribution >= 0.6 is 0 Å². The van der Waals surface area contributed by atoms with Gasteiger partial charge in [0, 0.05) is 26.2 Å². The van der Waals surface area contributed by atoms with Crippen molar-refractivity contribution in [1.29, 1.82) is 0 Å². The Morgan fingerprint density at radius 1 is 1.30 bits per heavy atom. The van der Waals surface area contributed by atoms with Crippen LogP contribution in [0.4, 0.5) is 4.79 Å². The van der Waals surface area contributed by atoms with Crippen molar-refractivity contribution in [1.82, 2.24) is 9.80 Å². The molecule has 0 aromatic heterocycles. The van der Waals surface area contributed by atoms with Crippen LogP contribution < -0.4 is 0 Å². The standard InChI is InChI=1S/C16H28N2O5/c1-5-17(10-8-13(19)20)14(21)12-7-6-9-18(11-12)15(22)23-16(2,3)4/h12H,5-11H2,1-4H3,(H,19,20). The number of ether oxygens (including phenoxy) is 1. The maximum absolute atomic E-state index is 12.5. The summed E-state index contributed by atoms with van der Waals surface area (Å²) < 4.78 is 5.36. The number of amides is 2. The number of carboxylic acid groups (broad SMARTS) is 1. The fourth-order valence-corrected chi connectivity index (χ4v) is 2.58. The fourth-order valence-electron chi connectivity index (χ4n) is 2.58. The lowest BCUT2D eigenvalue weighted by atomic mass is 9.96. The van der Waals surface area contributed by atoms with Gasteiger partial charge in [0.2, 0.25) is 5.91 Å². The fraction of sp³-hybridized carbons (Fsp3) is 0.812. The zero-order chi connectivity index (χ0) is 17.6. The zero-order valence-electron chi connectivity index (χ0n) is 14.5. The van der Waals surface area contributed by atoms with Gasteiger partial charge in [0.1, 0.15) is 5.60 Å². The molecular weight excluding hydrogens is 300 g/mol. The molecule has 1 N–H and O–H groups in total. The lowest BCUT2D eigenvalue weighted by molar-refractivity contribution is -0.140. The molecule has 7 nitrogen and oxygen atoms in total. The van der Waals surface area contributed by atoms with Crippen molar-refractivity contribution >= 4 is 18.0 Å². The second-order valence-electron chi connectivity index (χ2n) is 6.83. The second-order valence-corrected chi connectivity index (χ2v) is 6.83. The molecule has 1 heterocycles. The number of nitrogens with zero attached hydrogens (tertiary/aromatic N) is 2. The van der Waals surface area contributed by atoms with Crippen molar-refractivity contribution in [2.75, 3.05) is 26.2 Å². The molecule has 1 atom stereocenters. The molecule has 0 saturated carbocycles. The first-order valence-electron chi connectivity index (χ1n) is 8.12. The highest BCUT2D eigenvalue weighted by molar-refractivity contribution is 5.80. The van der Waals surface area contributed by atoms with Gasteiger partial charge in [0.05, 0.1) is 12.3 Å². The van der Waals surface area contributed by atoms with E-state index in [1.807, 2.05) is 27.7 Å². The number of piperidine rings is 1. The van der Waals surface area contributed by atoms with Crippen molar-refractivity contribution in [2.24, 2.45) is 5.92 Å². The lowest BCUT2D eigenvalue weighted by Gasteiger charge is -2.35. The van der Waals surface area contributed by atoms with Gasteiger partial charge in [-0.1, -0.05) is 0 Å². The van der Waals surface area contributed by atoms with Crippen LogP contribution in [-0.4, -0.2) is 64.7 Å². The summed E-state index contributed by atoms with van der Waals surface area (Å²) in [6.45, 7) is 8.83. The molecule has 1 unspecified atom stereocenters. The minimum atomic E-state index is -0.921. The highest BCUT2D eigenvalue weighted by atomic mass is 16.6. The Kier molecular flexibility index (Phi) is 6.84. The predicted octanol–water partition coefficient (Wildman–Crippen LogP) is 1.96. The number of hydrogen-bond acceptors (Lipinski definition) is 4. The summed E-state index contributed by atoms with van der Waals surface area (Å²) in [5, 5.41) is 8.77. The third-order valence-electron chi connectivity index (χ3n) is 3.71. The Balaban J connectivity index is 2.63. The Labute approximate surface area is 137 Å². The Bertz CT molecular complexity index is 444. The molecule has 0 aromatic rings. The minimum absolute atomic E-state index is 0.0674. The molecule has 7 heteroatoms. The first kappa shape index (κ1) is 19.3. The van der Waals surface area contributed by atoms with Crippen molar-refractivity contribution in [3.05, 3.63) is 0 Å². The van der Waals surface area contributed by atoms with Gasteiger partial charge in [-0.2, -0.15) is 0 Å². The minimum Gasteiger partial charge on any atom is -0.481 e. The maximum atomic E-state index is 12.5. The highest BCUT2D eigenvalue weighted by Gasteiger charge is 2.32. The van der Waals surface area contributed by atoms with E-state index in [1.165, 1.54) is 0 Å². The van der Waals surface area contributed by atoms with Crippen molar-refractivity contribution < 1.29 is 24.2 Å². The number of carboxylic acids is 1.